The van der Waals surface area contributed by atoms with E-state index >= 15 is 0 Å². The molecule has 6 N–H and O–H groups in total. The Kier molecular flexibility index (Phi) is 7.79. The standard InChI is InChI=1S/C22H22F4N6S/c1-29-33-17-9-10-20(30-16-7-4-6-15(11-16)22(24,25)26)18(12-17)21(27)31-32(28)13-14-5-2-3-8-19(14)23/h2-12,29-30H,13,28H2,1H3,(H2,27,31). The van der Waals surface area contributed by atoms with Crippen LogP contribution in [0, 0.1) is 5.82 Å². The predicted octanol–water partition coefficient (Wildman–Crippen LogP) is 4.81. The van der Waals surface area contributed by atoms with E-state index in [2.05, 4.69) is 15.1 Å². The highest BCUT2D eigenvalue weighted by molar-refractivity contribution is 7.97. The Balaban J connectivity index is 1.91. The van der Waals surface area contributed by atoms with Gasteiger partial charge in [-0.05, 0) is 61.5 Å². The zero-order valence-corrected chi connectivity index (χ0v) is 18.3. The summed E-state index contributed by atoms with van der Waals surface area (Å²) in [6.07, 6.45) is -4.47. The topological polar surface area (TPSA) is 91.7 Å². The van der Waals surface area contributed by atoms with E-state index in [1.165, 1.54) is 30.1 Å². The maximum absolute atomic E-state index is 13.9. The minimum Gasteiger partial charge on any atom is -0.382 e. The van der Waals surface area contributed by atoms with Crippen LogP contribution in [0.1, 0.15) is 16.7 Å². The van der Waals surface area contributed by atoms with Gasteiger partial charge in [0.15, 0.2) is 5.84 Å². The second-order valence-corrected chi connectivity index (χ2v) is 7.98. The summed E-state index contributed by atoms with van der Waals surface area (Å²) < 4.78 is 56.1. The van der Waals surface area contributed by atoms with E-state index in [1.54, 1.807) is 43.4 Å². The second kappa shape index (κ2) is 10.6. The Bertz CT molecular complexity index is 1140. The molecule has 0 heterocycles. The van der Waals surface area contributed by atoms with Gasteiger partial charge in [0, 0.05) is 27.4 Å². The number of nitrogens with two attached hydrogens (primary N) is 2. The van der Waals surface area contributed by atoms with Gasteiger partial charge in [0.1, 0.15) is 5.82 Å². The van der Waals surface area contributed by atoms with E-state index in [4.69, 9.17) is 11.6 Å². The molecule has 0 bridgehead atoms. The van der Waals surface area contributed by atoms with Crippen molar-refractivity contribution in [3.05, 3.63) is 89.2 Å². The first-order valence-electron chi connectivity index (χ1n) is 9.69. The summed E-state index contributed by atoms with van der Waals surface area (Å²) >= 11 is 1.32. The summed E-state index contributed by atoms with van der Waals surface area (Å²) in [5, 5.41) is 8.09. The van der Waals surface area contributed by atoms with Crippen LogP contribution in [0.25, 0.3) is 0 Å². The molecule has 3 aromatic carbocycles. The Hall–Kier alpha value is -3.28. The van der Waals surface area contributed by atoms with Crippen LogP contribution in [0.2, 0.25) is 0 Å². The maximum atomic E-state index is 13.9. The van der Waals surface area contributed by atoms with Crippen molar-refractivity contribution in [3.8, 4) is 0 Å². The summed E-state index contributed by atoms with van der Waals surface area (Å²) in [5.41, 5.74) is 6.81. The number of halogens is 4. The molecule has 3 rings (SSSR count). The number of nitrogens with one attached hydrogen (secondary N) is 2. The molecule has 0 aliphatic carbocycles. The molecule has 33 heavy (non-hydrogen) atoms. The minimum atomic E-state index is -4.47. The molecular formula is C22H22F4N6S. The van der Waals surface area contributed by atoms with E-state index in [0.717, 1.165) is 22.1 Å². The minimum absolute atomic E-state index is 0.00173. The van der Waals surface area contributed by atoms with Crippen molar-refractivity contribution in [1.29, 1.82) is 0 Å². The number of hydrogen-bond acceptors (Lipinski definition) is 6. The zero-order valence-electron chi connectivity index (χ0n) is 17.5. The highest BCUT2D eigenvalue weighted by Crippen LogP contribution is 2.32. The van der Waals surface area contributed by atoms with Crippen LogP contribution in [-0.4, -0.2) is 18.0 Å². The number of benzene rings is 3. The predicted molar refractivity (Wildman–Crippen MR) is 123 cm³/mol. The van der Waals surface area contributed by atoms with Crippen LogP contribution in [0.5, 0.6) is 0 Å². The van der Waals surface area contributed by atoms with Gasteiger partial charge >= 0.3 is 6.18 Å². The second-order valence-electron chi connectivity index (χ2n) is 6.89. The van der Waals surface area contributed by atoms with Gasteiger partial charge < -0.3 is 11.1 Å². The number of nitrogens with zero attached hydrogens (tertiary/aromatic N) is 2. The van der Waals surface area contributed by atoms with E-state index in [0.29, 0.717) is 16.8 Å². The number of hydrazine groups is 1. The largest absolute Gasteiger partial charge is 0.416 e. The molecule has 0 saturated heterocycles. The lowest BCUT2D eigenvalue weighted by molar-refractivity contribution is -0.137. The highest BCUT2D eigenvalue weighted by Gasteiger charge is 2.30. The molecule has 6 nitrogen and oxygen atoms in total. The van der Waals surface area contributed by atoms with Crippen molar-refractivity contribution in [3.63, 3.8) is 0 Å². The van der Waals surface area contributed by atoms with Gasteiger partial charge in [-0.15, -0.1) is 5.10 Å². The molecule has 0 amide bonds. The molecule has 11 heteroatoms. The average molecular weight is 479 g/mol. The van der Waals surface area contributed by atoms with Gasteiger partial charge in [-0.25, -0.2) is 15.4 Å². The number of anilines is 2. The highest BCUT2D eigenvalue weighted by atomic mass is 32.2. The molecule has 0 saturated carbocycles. The van der Waals surface area contributed by atoms with E-state index in [-0.39, 0.29) is 18.1 Å². The molecule has 0 unspecified atom stereocenters. The van der Waals surface area contributed by atoms with Crippen molar-refractivity contribution in [2.24, 2.45) is 16.7 Å². The quantitative estimate of drug-likeness (QED) is 0.0928. The third kappa shape index (κ3) is 6.60. The van der Waals surface area contributed by atoms with Crippen molar-refractivity contribution >= 4 is 29.2 Å². The number of amidine groups is 1. The Morgan fingerprint density at radius 3 is 2.52 bits per heavy atom. The number of alkyl halides is 3. The first-order valence-corrected chi connectivity index (χ1v) is 10.5. The van der Waals surface area contributed by atoms with E-state index in [1.807, 2.05) is 0 Å². The van der Waals surface area contributed by atoms with E-state index in [9.17, 15) is 17.6 Å². The van der Waals surface area contributed by atoms with Crippen LogP contribution in [0.3, 0.4) is 0 Å². The zero-order chi connectivity index (χ0) is 24.0. The fourth-order valence-electron chi connectivity index (χ4n) is 2.98. The first kappa shape index (κ1) is 24.4. The number of hydrazone groups is 1. The van der Waals surface area contributed by atoms with Crippen molar-refractivity contribution in [2.75, 3.05) is 12.4 Å². The fourth-order valence-corrected chi connectivity index (χ4v) is 3.53. The van der Waals surface area contributed by atoms with Gasteiger partial charge in [0.05, 0.1) is 12.1 Å². The lowest BCUT2D eigenvalue weighted by atomic mass is 10.1. The van der Waals surface area contributed by atoms with Crippen molar-refractivity contribution in [2.45, 2.75) is 17.6 Å². The molecule has 0 aromatic heterocycles. The molecule has 3 aromatic rings. The lowest BCUT2D eigenvalue weighted by Gasteiger charge is -2.17. The molecule has 0 spiro atoms. The van der Waals surface area contributed by atoms with Gasteiger partial charge in [0.2, 0.25) is 0 Å². The van der Waals surface area contributed by atoms with Crippen LogP contribution in [0.15, 0.2) is 76.7 Å². The molecule has 0 aliphatic heterocycles. The van der Waals surface area contributed by atoms with Crippen LogP contribution >= 0.6 is 11.9 Å². The fraction of sp³-hybridized carbons (Fsp3) is 0.136. The summed E-state index contributed by atoms with van der Waals surface area (Å²) in [5.74, 6) is 5.49. The molecule has 0 fully saturated rings. The van der Waals surface area contributed by atoms with Crippen molar-refractivity contribution in [1.82, 2.24) is 9.84 Å². The monoisotopic (exact) mass is 478 g/mol. The Labute approximate surface area is 192 Å². The average Bonchev–Trinajstić information content (AvgIpc) is 2.76. The van der Waals surface area contributed by atoms with Crippen LogP contribution in [-0.2, 0) is 12.7 Å². The smallest absolute Gasteiger partial charge is 0.382 e. The number of hydrogen-bond donors (Lipinski definition) is 4. The van der Waals surface area contributed by atoms with Crippen molar-refractivity contribution < 1.29 is 17.6 Å². The summed E-state index contributed by atoms with van der Waals surface area (Å²) in [7, 11) is 1.74. The third-order valence-corrected chi connectivity index (χ3v) is 5.18. The summed E-state index contributed by atoms with van der Waals surface area (Å²) in [6.45, 7) is -0.0330. The van der Waals surface area contributed by atoms with Gasteiger partial charge in [-0.1, -0.05) is 24.3 Å². The van der Waals surface area contributed by atoms with Gasteiger partial charge in [-0.2, -0.15) is 13.2 Å². The van der Waals surface area contributed by atoms with Crippen LogP contribution in [0.4, 0.5) is 28.9 Å². The summed E-state index contributed by atoms with van der Waals surface area (Å²) in [6, 6.07) is 16.1. The maximum Gasteiger partial charge on any atom is 0.416 e. The number of rotatable bonds is 8. The first-order chi connectivity index (χ1) is 15.7. The Morgan fingerprint density at radius 2 is 1.82 bits per heavy atom. The molecule has 0 aliphatic rings. The SMILES string of the molecule is CNSc1ccc(Nc2cccc(C(F)(F)F)c2)c(/C(N)=N/N(N)Cc2ccccc2F)c1. The third-order valence-electron chi connectivity index (χ3n) is 4.48. The summed E-state index contributed by atoms with van der Waals surface area (Å²) in [4.78, 5) is 0.790. The van der Waals surface area contributed by atoms with E-state index < -0.39 is 17.6 Å². The lowest BCUT2D eigenvalue weighted by Crippen LogP contribution is -2.29. The molecule has 0 atom stereocenters. The molecule has 174 valence electrons. The Morgan fingerprint density at radius 1 is 1.06 bits per heavy atom. The van der Waals surface area contributed by atoms with Crippen LogP contribution < -0.4 is 21.6 Å². The van der Waals surface area contributed by atoms with Gasteiger partial charge in [0.25, 0.3) is 0 Å². The molecular weight excluding hydrogens is 456 g/mol. The normalized spacial score (nSPS) is 12.0. The molecule has 0 radical (unpaired) electrons. The van der Waals surface area contributed by atoms with Gasteiger partial charge in [-0.3, -0.25) is 4.72 Å².